The summed E-state index contributed by atoms with van der Waals surface area (Å²) in [4.78, 5) is 28.4. The van der Waals surface area contributed by atoms with Gasteiger partial charge in [-0.2, -0.15) is 5.10 Å². The Morgan fingerprint density at radius 2 is 1.91 bits per heavy atom. The van der Waals surface area contributed by atoms with Gasteiger partial charge in [0.05, 0.1) is 29.6 Å². The monoisotopic (exact) mass is 490 g/mol. The van der Waals surface area contributed by atoms with Crippen molar-refractivity contribution < 1.29 is 9.18 Å². The summed E-state index contributed by atoms with van der Waals surface area (Å²) in [5.74, 6) is -0.215. The van der Waals surface area contributed by atoms with Crippen molar-refractivity contribution in [3.05, 3.63) is 83.9 Å². The smallest absolute Gasteiger partial charge is 0.239 e. The average molecular weight is 491 g/mol. The fourth-order valence-electron chi connectivity index (χ4n) is 3.43. The van der Waals surface area contributed by atoms with Gasteiger partial charge in [0.1, 0.15) is 17.2 Å². The Kier molecular flexibility index (Phi) is 6.33. The first-order valence-corrected chi connectivity index (χ1v) is 12.3. The molecule has 0 spiro atoms. The number of aromatic nitrogens is 5. The number of anilines is 1. The first kappa shape index (κ1) is 22.2. The number of benzene rings is 2. The Hall–Kier alpha value is -3.63. The van der Waals surface area contributed by atoms with Crippen LogP contribution < -0.4 is 4.90 Å². The first-order chi connectivity index (χ1) is 16.6. The van der Waals surface area contributed by atoms with Crippen LogP contribution >= 0.6 is 23.1 Å². The van der Waals surface area contributed by atoms with E-state index in [0.717, 1.165) is 22.2 Å². The molecule has 3 aromatic heterocycles. The number of aryl methyl sites for hydroxylation is 1. The van der Waals surface area contributed by atoms with Crippen molar-refractivity contribution in [1.29, 1.82) is 0 Å². The summed E-state index contributed by atoms with van der Waals surface area (Å²) in [6, 6.07) is 15.9. The second kappa shape index (κ2) is 9.70. The summed E-state index contributed by atoms with van der Waals surface area (Å²) in [6.45, 7) is 0.392. The lowest BCUT2D eigenvalue weighted by molar-refractivity contribution is -0.116. The van der Waals surface area contributed by atoms with E-state index in [1.54, 1.807) is 27.9 Å². The molecule has 0 saturated carbocycles. The summed E-state index contributed by atoms with van der Waals surface area (Å²) < 4.78 is 15.0. The zero-order valence-electron chi connectivity index (χ0n) is 18.1. The predicted molar refractivity (Wildman–Crippen MR) is 132 cm³/mol. The highest BCUT2D eigenvalue weighted by atomic mass is 32.2. The Morgan fingerprint density at radius 3 is 2.71 bits per heavy atom. The van der Waals surface area contributed by atoms with Crippen LogP contribution in [-0.4, -0.2) is 36.4 Å². The first-order valence-electron chi connectivity index (χ1n) is 10.4. The number of fused-ring (bicyclic) bond motifs is 1. The topological polar surface area (TPSA) is 76.8 Å². The standard InChI is InChI=1S/C24H19FN6OS2/c1-30-22-19(11-28-30)23(27-15-26-22)33-14-21(32)31(12-16-5-3-2-4-6-16)24-29-20(13-34-24)17-7-9-18(25)10-8-17/h2-11,13,15H,12,14H2,1H3. The number of nitrogens with zero attached hydrogens (tertiary/aromatic N) is 6. The molecule has 0 N–H and O–H groups in total. The molecule has 0 fully saturated rings. The fourth-order valence-corrected chi connectivity index (χ4v) is 5.12. The number of thioether (sulfide) groups is 1. The van der Waals surface area contributed by atoms with Crippen LogP contribution in [0.1, 0.15) is 5.56 Å². The molecule has 0 aliphatic heterocycles. The third-order valence-corrected chi connectivity index (χ3v) is 7.03. The molecule has 2 aromatic carbocycles. The van der Waals surface area contributed by atoms with Crippen LogP contribution in [-0.2, 0) is 18.4 Å². The van der Waals surface area contributed by atoms with Crippen molar-refractivity contribution in [2.45, 2.75) is 11.6 Å². The van der Waals surface area contributed by atoms with Gasteiger partial charge in [0.15, 0.2) is 10.8 Å². The normalized spacial score (nSPS) is 11.1. The highest BCUT2D eigenvalue weighted by Gasteiger charge is 2.21. The Bertz CT molecular complexity index is 1440. The number of halogens is 1. The van der Waals surface area contributed by atoms with Crippen LogP contribution in [0.5, 0.6) is 0 Å². The van der Waals surface area contributed by atoms with Gasteiger partial charge in [-0.15, -0.1) is 11.3 Å². The third kappa shape index (κ3) is 4.68. The SMILES string of the molecule is Cn1ncc2c(SCC(=O)N(Cc3ccccc3)c3nc(-c4ccc(F)cc4)cs3)ncnc21. The molecule has 3 heterocycles. The zero-order valence-corrected chi connectivity index (χ0v) is 19.8. The van der Waals surface area contributed by atoms with Gasteiger partial charge in [-0.1, -0.05) is 42.1 Å². The van der Waals surface area contributed by atoms with Crippen molar-refractivity contribution in [3.63, 3.8) is 0 Å². The molecule has 0 radical (unpaired) electrons. The maximum atomic E-state index is 13.4. The van der Waals surface area contributed by atoms with E-state index in [0.29, 0.717) is 22.4 Å². The third-order valence-electron chi connectivity index (χ3n) is 5.17. The quantitative estimate of drug-likeness (QED) is 0.237. The number of thiazole rings is 1. The second-order valence-electron chi connectivity index (χ2n) is 7.46. The van der Waals surface area contributed by atoms with E-state index in [1.807, 2.05) is 42.8 Å². The molecular weight excluding hydrogens is 471 g/mol. The van der Waals surface area contributed by atoms with Crippen molar-refractivity contribution in [3.8, 4) is 11.3 Å². The van der Waals surface area contributed by atoms with E-state index in [1.165, 1.54) is 41.6 Å². The van der Waals surface area contributed by atoms with Gasteiger partial charge in [-0.25, -0.2) is 19.3 Å². The maximum absolute atomic E-state index is 13.4. The van der Waals surface area contributed by atoms with Crippen LogP contribution in [0, 0.1) is 5.82 Å². The lowest BCUT2D eigenvalue weighted by Crippen LogP contribution is -2.31. The van der Waals surface area contributed by atoms with Crippen molar-refractivity contribution in [1.82, 2.24) is 24.7 Å². The van der Waals surface area contributed by atoms with E-state index in [4.69, 9.17) is 0 Å². The summed E-state index contributed by atoms with van der Waals surface area (Å²) in [7, 11) is 1.82. The Labute approximate surface area is 203 Å². The van der Waals surface area contributed by atoms with E-state index < -0.39 is 0 Å². The number of hydrogen-bond acceptors (Lipinski definition) is 7. The molecule has 0 aliphatic carbocycles. The number of carbonyl (C=O) groups is 1. The Balaban J connectivity index is 1.40. The van der Waals surface area contributed by atoms with Gasteiger partial charge in [0.25, 0.3) is 0 Å². The molecule has 0 saturated heterocycles. The minimum absolute atomic E-state index is 0.0930. The summed E-state index contributed by atoms with van der Waals surface area (Å²) in [5, 5.41) is 8.21. The zero-order chi connectivity index (χ0) is 23.5. The molecule has 170 valence electrons. The van der Waals surface area contributed by atoms with E-state index in [-0.39, 0.29) is 17.5 Å². The predicted octanol–water partition coefficient (Wildman–Crippen LogP) is 4.95. The van der Waals surface area contributed by atoms with Crippen molar-refractivity contribution >= 4 is 45.2 Å². The van der Waals surface area contributed by atoms with Crippen LogP contribution in [0.2, 0.25) is 0 Å². The summed E-state index contributed by atoms with van der Waals surface area (Å²) in [6.07, 6.45) is 3.19. The van der Waals surface area contributed by atoms with E-state index in [9.17, 15) is 9.18 Å². The van der Waals surface area contributed by atoms with Crippen LogP contribution in [0.4, 0.5) is 9.52 Å². The van der Waals surface area contributed by atoms with Gasteiger partial charge < -0.3 is 0 Å². The summed E-state index contributed by atoms with van der Waals surface area (Å²) >= 11 is 2.73. The van der Waals surface area contributed by atoms with Gasteiger partial charge >= 0.3 is 0 Å². The van der Waals surface area contributed by atoms with Gasteiger partial charge in [-0.05, 0) is 29.8 Å². The maximum Gasteiger partial charge on any atom is 0.239 e. The highest BCUT2D eigenvalue weighted by Crippen LogP contribution is 2.30. The molecule has 7 nitrogen and oxygen atoms in total. The van der Waals surface area contributed by atoms with Crippen LogP contribution in [0.25, 0.3) is 22.3 Å². The Morgan fingerprint density at radius 1 is 1.12 bits per heavy atom. The molecule has 34 heavy (non-hydrogen) atoms. The fraction of sp³-hybridized carbons (Fsp3) is 0.125. The molecule has 0 unspecified atom stereocenters. The van der Waals surface area contributed by atoms with Gasteiger partial charge in [0, 0.05) is 18.0 Å². The molecule has 10 heteroatoms. The molecular formula is C24H19FN6OS2. The lowest BCUT2D eigenvalue weighted by Gasteiger charge is -2.20. The molecule has 0 atom stereocenters. The molecule has 1 amide bonds. The number of rotatable bonds is 7. The molecule has 5 aromatic rings. The van der Waals surface area contributed by atoms with E-state index >= 15 is 0 Å². The van der Waals surface area contributed by atoms with Crippen molar-refractivity contribution in [2.75, 3.05) is 10.7 Å². The van der Waals surface area contributed by atoms with E-state index in [2.05, 4.69) is 20.1 Å². The van der Waals surface area contributed by atoms with Crippen LogP contribution in [0.3, 0.4) is 0 Å². The number of hydrogen-bond donors (Lipinski definition) is 0. The van der Waals surface area contributed by atoms with Gasteiger partial charge in [0.2, 0.25) is 5.91 Å². The number of carbonyl (C=O) groups excluding carboxylic acids is 1. The van der Waals surface area contributed by atoms with Crippen LogP contribution in [0.15, 0.2) is 77.5 Å². The second-order valence-corrected chi connectivity index (χ2v) is 9.26. The average Bonchev–Trinajstić information content (AvgIpc) is 3.50. The van der Waals surface area contributed by atoms with Crippen molar-refractivity contribution in [2.24, 2.45) is 7.05 Å². The largest absolute Gasteiger partial charge is 0.283 e. The van der Waals surface area contributed by atoms with Gasteiger partial charge in [-0.3, -0.25) is 14.4 Å². The molecule has 5 rings (SSSR count). The molecule has 0 bridgehead atoms. The highest BCUT2D eigenvalue weighted by molar-refractivity contribution is 8.00. The summed E-state index contributed by atoms with van der Waals surface area (Å²) in [5.41, 5.74) is 3.21. The minimum Gasteiger partial charge on any atom is -0.283 e. The minimum atomic E-state index is -0.301. The lowest BCUT2D eigenvalue weighted by atomic mass is 10.2. The molecule has 0 aliphatic rings. The number of amides is 1.